The lowest BCUT2D eigenvalue weighted by Gasteiger charge is -2.17. The van der Waals surface area contributed by atoms with Gasteiger partial charge in [0.1, 0.15) is 18.1 Å². The fraction of sp³-hybridized carbons (Fsp3) is 0.368. The molecule has 0 fully saturated rings. The van der Waals surface area contributed by atoms with Crippen molar-refractivity contribution in [1.29, 1.82) is 0 Å². The molecule has 3 aromatic rings. The zero-order valence-corrected chi connectivity index (χ0v) is 19.1. The van der Waals surface area contributed by atoms with Gasteiger partial charge in [-0.1, -0.05) is 19.6 Å². The second-order valence-corrected chi connectivity index (χ2v) is 14.2. The van der Waals surface area contributed by atoms with E-state index >= 15 is 0 Å². The highest BCUT2D eigenvalue weighted by Crippen LogP contribution is 2.36. The van der Waals surface area contributed by atoms with Crippen molar-refractivity contribution in [2.24, 2.45) is 0 Å². The Kier molecular flexibility index (Phi) is 6.26. The number of hydrogen-bond donors (Lipinski definition) is 1. The van der Waals surface area contributed by atoms with E-state index in [-0.39, 0.29) is 5.91 Å². The average molecular weight is 462 g/mol. The molecule has 3 aromatic heterocycles. The van der Waals surface area contributed by atoms with Crippen molar-refractivity contribution < 1.29 is 9.53 Å². The zero-order chi connectivity index (χ0) is 20.3. The fourth-order valence-electron chi connectivity index (χ4n) is 2.79. The SMILES string of the molecule is CC(=O)Nc1cc(-c2c(Br)c3nccnc3n2COCC[Si](C)(C)C)ccn1. The van der Waals surface area contributed by atoms with Crippen LogP contribution in [0, 0.1) is 0 Å². The third-order valence-corrected chi connectivity index (χ3v) is 6.63. The quantitative estimate of drug-likeness (QED) is 0.412. The minimum Gasteiger partial charge on any atom is -0.361 e. The number of amides is 1. The first-order chi connectivity index (χ1) is 13.3. The van der Waals surface area contributed by atoms with Crippen molar-refractivity contribution >= 4 is 46.9 Å². The number of halogens is 1. The molecule has 148 valence electrons. The number of aromatic nitrogens is 4. The van der Waals surface area contributed by atoms with Gasteiger partial charge in [0.2, 0.25) is 5.91 Å². The largest absolute Gasteiger partial charge is 0.361 e. The number of pyridine rings is 1. The van der Waals surface area contributed by atoms with Gasteiger partial charge >= 0.3 is 0 Å². The van der Waals surface area contributed by atoms with Crippen molar-refractivity contribution in [3.05, 3.63) is 35.2 Å². The summed E-state index contributed by atoms with van der Waals surface area (Å²) >= 11 is 3.68. The van der Waals surface area contributed by atoms with E-state index in [2.05, 4.69) is 55.8 Å². The van der Waals surface area contributed by atoms with E-state index in [9.17, 15) is 4.79 Å². The molecule has 1 amide bonds. The molecule has 0 bridgehead atoms. The maximum absolute atomic E-state index is 11.4. The van der Waals surface area contributed by atoms with Gasteiger partial charge in [0.15, 0.2) is 5.65 Å². The summed E-state index contributed by atoms with van der Waals surface area (Å²) in [6, 6.07) is 4.82. The molecule has 0 saturated carbocycles. The first kappa shape index (κ1) is 20.6. The van der Waals surface area contributed by atoms with Crippen LogP contribution in [0.2, 0.25) is 25.7 Å². The maximum atomic E-state index is 11.4. The van der Waals surface area contributed by atoms with Gasteiger partial charge in [0.25, 0.3) is 0 Å². The molecule has 0 radical (unpaired) electrons. The van der Waals surface area contributed by atoms with Crippen LogP contribution < -0.4 is 5.32 Å². The van der Waals surface area contributed by atoms with E-state index in [0.717, 1.165) is 32.9 Å². The lowest BCUT2D eigenvalue weighted by atomic mass is 10.2. The Balaban J connectivity index is 1.99. The molecule has 0 saturated heterocycles. The minimum absolute atomic E-state index is 0.165. The summed E-state index contributed by atoms with van der Waals surface area (Å²) in [5.41, 5.74) is 3.29. The van der Waals surface area contributed by atoms with E-state index < -0.39 is 8.07 Å². The van der Waals surface area contributed by atoms with Crippen LogP contribution in [0.15, 0.2) is 35.2 Å². The summed E-state index contributed by atoms with van der Waals surface area (Å²) in [4.78, 5) is 24.6. The Morgan fingerprint density at radius 2 is 1.96 bits per heavy atom. The molecule has 0 aliphatic rings. The molecular weight excluding hydrogens is 438 g/mol. The standard InChI is InChI=1S/C19H24BrN5O2Si/c1-13(26)24-15-11-14(5-6-21-15)18-16(20)17-19(23-8-7-22-17)25(18)12-27-9-10-28(2,3)4/h5-8,11H,9-10,12H2,1-4H3,(H,21,24,26). The monoisotopic (exact) mass is 461 g/mol. The van der Waals surface area contributed by atoms with Crippen molar-refractivity contribution in [3.8, 4) is 11.3 Å². The molecule has 0 aliphatic carbocycles. The minimum atomic E-state index is -1.16. The van der Waals surface area contributed by atoms with Crippen LogP contribution in [0.5, 0.6) is 0 Å². The number of carbonyl (C=O) groups is 1. The molecule has 0 atom stereocenters. The average Bonchev–Trinajstić information content (AvgIpc) is 2.90. The van der Waals surface area contributed by atoms with Crippen LogP contribution in [0.4, 0.5) is 5.82 Å². The van der Waals surface area contributed by atoms with Gasteiger partial charge in [0, 0.05) is 45.8 Å². The van der Waals surface area contributed by atoms with Crippen LogP contribution in [0.1, 0.15) is 6.92 Å². The molecule has 3 heterocycles. The van der Waals surface area contributed by atoms with Crippen LogP contribution in [-0.2, 0) is 16.3 Å². The van der Waals surface area contributed by atoms with Gasteiger partial charge in [-0.3, -0.25) is 14.3 Å². The predicted octanol–water partition coefficient (Wildman–Crippen LogP) is 4.53. The van der Waals surface area contributed by atoms with Crippen LogP contribution in [0.25, 0.3) is 22.4 Å². The van der Waals surface area contributed by atoms with Crippen molar-refractivity contribution in [2.75, 3.05) is 11.9 Å². The second kappa shape index (κ2) is 8.50. The van der Waals surface area contributed by atoms with Gasteiger partial charge in [-0.15, -0.1) is 0 Å². The van der Waals surface area contributed by atoms with E-state index in [4.69, 9.17) is 4.74 Å². The van der Waals surface area contributed by atoms with E-state index in [1.54, 1.807) is 18.6 Å². The number of nitrogens with zero attached hydrogens (tertiary/aromatic N) is 4. The number of anilines is 1. The highest BCUT2D eigenvalue weighted by Gasteiger charge is 2.20. The van der Waals surface area contributed by atoms with E-state index in [1.165, 1.54) is 6.92 Å². The van der Waals surface area contributed by atoms with Gasteiger partial charge in [0.05, 0.1) is 10.2 Å². The number of hydrogen-bond acceptors (Lipinski definition) is 5. The number of nitrogens with one attached hydrogen (secondary N) is 1. The topological polar surface area (TPSA) is 81.9 Å². The Hall–Kier alpha value is -2.10. The normalized spacial score (nSPS) is 11.8. The van der Waals surface area contributed by atoms with Crippen LogP contribution >= 0.6 is 15.9 Å². The summed E-state index contributed by atoms with van der Waals surface area (Å²) in [7, 11) is -1.16. The smallest absolute Gasteiger partial charge is 0.222 e. The van der Waals surface area contributed by atoms with E-state index in [1.807, 2.05) is 16.7 Å². The Bertz CT molecular complexity index is 1000. The van der Waals surface area contributed by atoms with Crippen LogP contribution in [0.3, 0.4) is 0 Å². The highest BCUT2D eigenvalue weighted by atomic mass is 79.9. The molecule has 1 N–H and O–H groups in total. The first-order valence-electron chi connectivity index (χ1n) is 9.07. The lowest BCUT2D eigenvalue weighted by Crippen LogP contribution is -2.22. The highest BCUT2D eigenvalue weighted by molar-refractivity contribution is 9.10. The predicted molar refractivity (Wildman–Crippen MR) is 117 cm³/mol. The molecule has 3 rings (SSSR count). The van der Waals surface area contributed by atoms with Crippen LogP contribution in [-0.4, -0.2) is 40.1 Å². The Labute approximate surface area is 173 Å². The zero-order valence-electron chi connectivity index (χ0n) is 16.5. The Morgan fingerprint density at radius 1 is 1.21 bits per heavy atom. The molecule has 0 aliphatic heterocycles. The fourth-order valence-corrected chi connectivity index (χ4v) is 4.27. The molecule has 7 nitrogen and oxygen atoms in total. The molecule has 0 spiro atoms. The first-order valence-corrected chi connectivity index (χ1v) is 13.6. The lowest BCUT2D eigenvalue weighted by molar-refractivity contribution is -0.114. The summed E-state index contributed by atoms with van der Waals surface area (Å²) < 4.78 is 8.84. The number of carbonyl (C=O) groups excluding carboxylic acids is 1. The summed E-state index contributed by atoms with van der Waals surface area (Å²) in [5, 5.41) is 2.72. The van der Waals surface area contributed by atoms with E-state index in [0.29, 0.717) is 19.2 Å². The summed E-state index contributed by atoms with van der Waals surface area (Å²) in [6.07, 6.45) is 5.01. The molecule has 0 unspecified atom stereocenters. The summed E-state index contributed by atoms with van der Waals surface area (Å²) in [5.74, 6) is 0.330. The second-order valence-electron chi connectivity index (χ2n) is 7.78. The molecule has 0 aromatic carbocycles. The number of ether oxygens (including phenoxy) is 1. The maximum Gasteiger partial charge on any atom is 0.222 e. The van der Waals surface area contributed by atoms with Crippen molar-refractivity contribution in [1.82, 2.24) is 19.5 Å². The van der Waals surface area contributed by atoms with Gasteiger partial charge in [-0.25, -0.2) is 9.97 Å². The third kappa shape index (κ3) is 4.84. The summed E-state index contributed by atoms with van der Waals surface area (Å²) in [6.45, 7) is 9.53. The molecule has 9 heteroatoms. The number of rotatable bonds is 7. The van der Waals surface area contributed by atoms with Crippen molar-refractivity contribution in [2.45, 2.75) is 39.3 Å². The van der Waals surface area contributed by atoms with Gasteiger partial charge < -0.3 is 10.1 Å². The number of fused-ring (bicyclic) bond motifs is 1. The third-order valence-electron chi connectivity index (χ3n) is 4.17. The Morgan fingerprint density at radius 3 is 2.68 bits per heavy atom. The van der Waals surface area contributed by atoms with Gasteiger partial charge in [-0.2, -0.15) is 0 Å². The molecule has 28 heavy (non-hydrogen) atoms. The van der Waals surface area contributed by atoms with Crippen molar-refractivity contribution in [3.63, 3.8) is 0 Å². The van der Waals surface area contributed by atoms with Gasteiger partial charge in [-0.05, 0) is 34.1 Å². The molecular formula is C19H24BrN5O2Si.